The highest BCUT2D eigenvalue weighted by molar-refractivity contribution is 5.33. The van der Waals surface area contributed by atoms with E-state index in [-0.39, 0.29) is 0 Å². The first kappa shape index (κ1) is 13.0. The summed E-state index contributed by atoms with van der Waals surface area (Å²) in [5.41, 5.74) is 1.32. The fourth-order valence-electron chi connectivity index (χ4n) is 1.28. The minimum atomic E-state index is 1.02. The Labute approximate surface area is 88.1 Å². The Morgan fingerprint density at radius 3 is 2.36 bits per heavy atom. The third kappa shape index (κ3) is 4.31. The smallest absolute Gasteiger partial charge is 0.122 e. The quantitative estimate of drug-likeness (QED) is 0.702. The SMILES string of the molecule is CC.CCCCc1ccccc1OC. The highest BCUT2D eigenvalue weighted by Gasteiger charge is 1.98. The van der Waals surface area contributed by atoms with Gasteiger partial charge >= 0.3 is 0 Å². The van der Waals surface area contributed by atoms with E-state index in [0.29, 0.717) is 0 Å². The van der Waals surface area contributed by atoms with Gasteiger partial charge in [0.2, 0.25) is 0 Å². The van der Waals surface area contributed by atoms with Crippen LogP contribution in [0.2, 0.25) is 0 Å². The van der Waals surface area contributed by atoms with Gasteiger partial charge in [-0.2, -0.15) is 0 Å². The van der Waals surface area contributed by atoms with Gasteiger partial charge in [-0.1, -0.05) is 45.4 Å². The lowest BCUT2D eigenvalue weighted by Crippen LogP contribution is -1.91. The lowest BCUT2D eigenvalue weighted by atomic mass is 10.1. The molecule has 0 saturated carbocycles. The second-order valence-electron chi connectivity index (χ2n) is 2.92. The van der Waals surface area contributed by atoms with Crippen molar-refractivity contribution in [1.82, 2.24) is 0 Å². The standard InChI is InChI=1S/C11H16O.C2H6/c1-3-4-7-10-8-5-6-9-11(10)12-2;1-2/h5-6,8-9H,3-4,7H2,1-2H3;1-2H3. The molecule has 0 heterocycles. The highest BCUT2D eigenvalue weighted by Crippen LogP contribution is 2.18. The number of rotatable bonds is 4. The number of unbranched alkanes of at least 4 members (excludes halogenated alkanes) is 1. The van der Waals surface area contributed by atoms with Gasteiger partial charge < -0.3 is 4.74 Å². The first-order chi connectivity index (χ1) is 6.88. The van der Waals surface area contributed by atoms with Crippen LogP contribution in [0.5, 0.6) is 5.75 Å². The molecule has 0 atom stereocenters. The average Bonchev–Trinajstić information content (AvgIpc) is 2.29. The van der Waals surface area contributed by atoms with Gasteiger partial charge in [-0.3, -0.25) is 0 Å². The number of para-hydroxylation sites is 1. The summed E-state index contributed by atoms with van der Waals surface area (Å²) < 4.78 is 5.24. The Morgan fingerprint density at radius 1 is 1.14 bits per heavy atom. The number of hydrogen-bond acceptors (Lipinski definition) is 1. The summed E-state index contributed by atoms with van der Waals surface area (Å²) in [7, 11) is 1.73. The second kappa shape index (κ2) is 8.61. The van der Waals surface area contributed by atoms with E-state index in [4.69, 9.17) is 4.74 Å². The van der Waals surface area contributed by atoms with Crippen molar-refractivity contribution in [2.45, 2.75) is 40.0 Å². The van der Waals surface area contributed by atoms with Gasteiger partial charge in [-0.15, -0.1) is 0 Å². The van der Waals surface area contributed by atoms with Crippen LogP contribution in [0.25, 0.3) is 0 Å². The maximum Gasteiger partial charge on any atom is 0.122 e. The third-order valence-corrected chi connectivity index (χ3v) is 1.99. The Morgan fingerprint density at radius 2 is 1.79 bits per heavy atom. The van der Waals surface area contributed by atoms with Crippen molar-refractivity contribution in [1.29, 1.82) is 0 Å². The van der Waals surface area contributed by atoms with Crippen LogP contribution in [0.1, 0.15) is 39.2 Å². The topological polar surface area (TPSA) is 9.23 Å². The Hall–Kier alpha value is -0.980. The molecule has 0 N–H and O–H groups in total. The van der Waals surface area contributed by atoms with E-state index in [1.54, 1.807) is 7.11 Å². The van der Waals surface area contributed by atoms with Crippen LogP contribution in [0.15, 0.2) is 24.3 Å². The van der Waals surface area contributed by atoms with E-state index in [0.717, 1.165) is 12.2 Å². The summed E-state index contributed by atoms with van der Waals surface area (Å²) in [6.07, 6.45) is 3.60. The largest absolute Gasteiger partial charge is 0.496 e. The third-order valence-electron chi connectivity index (χ3n) is 1.99. The zero-order valence-electron chi connectivity index (χ0n) is 9.84. The van der Waals surface area contributed by atoms with Gasteiger partial charge in [-0.05, 0) is 24.5 Å². The van der Waals surface area contributed by atoms with E-state index in [1.165, 1.54) is 18.4 Å². The minimum absolute atomic E-state index is 1.02. The molecule has 1 rings (SSSR count). The molecule has 1 nitrogen and oxygen atoms in total. The number of benzene rings is 1. The molecule has 0 fully saturated rings. The average molecular weight is 194 g/mol. The molecule has 0 saturated heterocycles. The Balaban J connectivity index is 0.000000791. The van der Waals surface area contributed by atoms with Gasteiger partial charge in [0.1, 0.15) is 5.75 Å². The summed E-state index contributed by atoms with van der Waals surface area (Å²) in [5, 5.41) is 0. The molecule has 1 aromatic carbocycles. The zero-order chi connectivity index (χ0) is 10.8. The fraction of sp³-hybridized carbons (Fsp3) is 0.538. The number of aryl methyl sites for hydroxylation is 1. The molecule has 1 heteroatoms. The van der Waals surface area contributed by atoms with E-state index in [2.05, 4.69) is 19.1 Å². The summed E-state index contributed by atoms with van der Waals surface area (Å²) in [5.74, 6) is 1.02. The molecule has 0 amide bonds. The zero-order valence-corrected chi connectivity index (χ0v) is 9.84. The van der Waals surface area contributed by atoms with Crippen molar-refractivity contribution in [3.63, 3.8) is 0 Å². The van der Waals surface area contributed by atoms with Crippen LogP contribution in [0.3, 0.4) is 0 Å². The van der Waals surface area contributed by atoms with Crippen LogP contribution in [0, 0.1) is 0 Å². The fourth-order valence-corrected chi connectivity index (χ4v) is 1.28. The van der Waals surface area contributed by atoms with Crippen LogP contribution in [0.4, 0.5) is 0 Å². The van der Waals surface area contributed by atoms with Gasteiger partial charge in [0.15, 0.2) is 0 Å². The molecule has 0 bridgehead atoms. The van der Waals surface area contributed by atoms with Gasteiger partial charge in [0.05, 0.1) is 7.11 Å². The van der Waals surface area contributed by atoms with Gasteiger partial charge in [0.25, 0.3) is 0 Å². The van der Waals surface area contributed by atoms with E-state index in [9.17, 15) is 0 Å². The van der Waals surface area contributed by atoms with Crippen LogP contribution in [-0.4, -0.2) is 7.11 Å². The molecule has 0 aliphatic carbocycles. The summed E-state index contributed by atoms with van der Waals surface area (Å²) in [4.78, 5) is 0. The molecule has 0 aliphatic heterocycles. The number of hydrogen-bond donors (Lipinski definition) is 0. The molecule has 14 heavy (non-hydrogen) atoms. The number of ether oxygens (including phenoxy) is 1. The van der Waals surface area contributed by atoms with Gasteiger partial charge in [-0.25, -0.2) is 0 Å². The predicted molar refractivity (Wildman–Crippen MR) is 63.0 cm³/mol. The highest BCUT2D eigenvalue weighted by atomic mass is 16.5. The molecule has 0 radical (unpaired) electrons. The molecule has 0 aliphatic rings. The molecular formula is C13H22O. The van der Waals surface area contributed by atoms with E-state index >= 15 is 0 Å². The second-order valence-corrected chi connectivity index (χ2v) is 2.92. The monoisotopic (exact) mass is 194 g/mol. The molecule has 0 unspecified atom stereocenters. The summed E-state index contributed by atoms with van der Waals surface area (Å²) >= 11 is 0. The minimum Gasteiger partial charge on any atom is -0.496 e. The lowest BCUT2D eigenvalue weighted by Gasteiger charge is -2.06. The predicted octanol–water partition coefficient (Wildman–Crippen LogP) is 4.06. The Kier molecular flexibility index (Phi) is 8.01. The molecule has 0 aromatic heterocycles. The van der Waals surface area contributed by atoms with E-state index < -0.39 is 0 Å². The van der Waals surface area contributed by atoms with Crippen molar-refractivity contribution in [2.24, 2.45) is 0 Å². The van der Waals surface area contributed by atoms with Crippen molar-refractivity contribution in [3.8, 4) is 5.75 Å². The van der Waals surface area contributed by atoms with E-state index in [1.807, 2.05) is 26.0 Å². The summed E-state index contributed by atoms with van der Waals surface area (Å²) in [6, 6.07) is 8.22. The molecular weight excluding hydrogens is 172 g/mol. The van der Waals surface area contributed by atoms with Crippen molar-refractivity contribution >= 4 is 0 Å². The normalized spacial score (nSPS) is 8.86. The molecule has 0 spiro atoms. The van der Waals surface area contributed by atoms with Crippen molar-refractivity contribution in [3.05, 3.63) is 29.8 Å². The van der Waals surface area contributed by atoms with Crippen molar-refractivity contribution < 1.29 is 4.74 Å². The molecule has 1 aromatic rings. The molecule has 80 valence electrons. The van der Waals surface area contributed by atoms with Crippen molar-refractivity contribution in [2.75, 3.05) is 7.11 Å². The van der Waals surface area contributed by atoms with Gasteiger partial charge in [0, 0.05) is 0 Å². The number of methoxy groups -OCH3 is 1. The first-order valence-corrected chi connectivity index (χ1v) is 5.50. The van der Waals surface area contributed by atoms with Crippen LogP contribution in [-0.2, 0) is 6.42 Å². The first-order valence-electron chi connectivity index (χ1n) is 5.50. The maximum atomic E-state index is 5.24. The van der Waals surface area contributed by atoms with Crippen LogP contribution < -0.4 is 4.74 Å². The van der Waals surface area contributed by atoms with Crippen LogP contribution >= 0.6 is 0 Å². The lowest BCUT2D eigenvalue weighted by molar-refractivity contribution is 0.409. The maximum absolute atomic E-state index is 5.24. The summed E-state index contributed by atoms with van der Waals surface area (Å²) in [6.45, 7) is 6.20. The Bertz CT molecular complexity index is 230.